The fraction of sp³-hybridized carbons (Fsp3) is 0. The normalized spacial score (nSPS) is 11.6. The van der Waals surface area contributed by atoms with Gasteiger partial charge in [-0.2, -0.15) is 8.42 Å². The van der Waals surface area contributed by atoms with Crippen LogP contribution < -0.4 is 0 Å². The topological polar surface area (TPSA) is 54.4 Å². The first-order valence-electron chi connectivity index (χ1n) is 2.75. The molecule has 0 aliphatic carbocycles. The van der Waals surface area contributed by atoms with Crippen molar-refractivity contribution < 1.29 is 13.0 Å². The van der Waals surface area contributed by atoms with Crippen molar-refractivity contribution in [1.29, 1.82) is 0 Å². The number of benzene rings is 1. The lowest BCUT2D eigenvalue weighted by atomic mass is 10.4. The Kier molecular flexibility index (Phi) is 2.63. The van der Waals surface area contributed by atoms with Crippen LogP contribution >= 0.6 is 23.2 Å². The van der Waals surface area contributed by atoms with E-state index >= 15 is 0 Å². The Bertz CT molecular complexity index is 399. The molecule has 12 heavy (non-hydrogen) atoms. The highest BCUT2D eigenvalue weighted by atomic mass is 35.5. The minimum atomic E-state index is -4.29. The Morgan fingerprint density at radius 3 is 2.42 bits per heavy atom. The first-order chi connectivity index (χ1) is 5.41. The molecule has 3 nitrogen and oxygen atoms in total. The van der Waals surface area contributed by atoms with Crippen LogP contribution in [0.2, 0.25) is 10.0 Å². The second-order valence-electron chi connectivity index (χ2n) is 1.97. The fourth-order valence-corrected chi connectivity index (χ4v) is 1.83. The molecule has 0 bridgehead atoms. The van der Waals surface area contributed by atoms with E-state index in [0.29, 0.717) is 0 Å². The molecule has 1 aromatic rings. The number of rotatable bonds is 1. The molecule has 0 atom stereocenters. The molecule has 1 radical (unpaired) electrons. The van der Waals surface area contributed by atoms with E-state index in [4.69, 9.17) is 27.8 Å². The molecule has 0 aromatic heterocycles. The first-order valence-corrected chi connectivity index (χ1v) is 4.95. The monoisotopic (exact) mass is 225 g/mol. The molecule has 0 saturated heterocycles. The molecule has 0 unspecified atom stereocenters. The molecular formula is C6H3Cl2O3S. The van der Waals surface area contributed by atoms with Crippen LogP contribution in [0.15, 0.2) is 17.0 Å². The van der Waals surface area contributed by atoms with Gasteiger partial charge in [-0.3, -0.25) is 4.55 Å². The van der Waals surface area contributed by atoms with Crippen LogP contribution in [0.5, 0.6) is 0 Å². The average Bonchev–Trinajstić information content (AvgIpc) is 1.92. The van der Waals surface area contributed by atoms with Gasteiger partial charge in [-0.15, -0.1) is 0 Å². The molecule has 0 fully saturated rings. The van der Waals surface area contributed by atoms with Gasteiger partial charge in [-0.25, -0.2) is 0 Å². The van der Waals surface area contributed by atoms with Crippen molar-refractivity contribution in [2.75, 3.05) is 0 Å². The van der Waals surface area contributed by atoms with E-state index in [0.717, 1.165) is 6.07 Å². The predicted octanol–water partition coefficient (Wildman–Crippen LogP) is 2.04. The van der Waals surface area contributed by atoms with Crippen molar-refractivity contribution in [2.45, 2.75) is 4.90 Å². The van der Waals surface area contributed by atoms with E-state index in [-0.39, 0.29) is 10.0 Å². The Morgan fingerprint density at radius 2 is 2.00 bits per heavy atom. The van der Waals surface area contributed by atoms with Gasteiger partial charge >= 0.3 is 0 Å². The lowest BCUT2D eigenvalue weighted by molar-refractivity contribution is 0.483. The van der Waals surface area contributed by atoms with Gasteiger partial charge in [0.05, 0.1) is 5.02 Å². The zero-order valence-electron chi connectivity index (χ0n) is 5.58. The van der Waals surface area contributed by atoms with E-state index in [1.54, 1.807) is 0 Å². The minimum absolute atomic E-state index is 0.0759. The third-order valence-electron chi connectivity index (χ3n) is 1.11. The molecule has 6 heteroatoms. The highest BCUT2D eigenvalue weighted by molar-refractivity contribution is 7.86. The van der Waals surface area contributed by atoms with Crippen molar-refractivity contribution in [3.8, 4) is 0 Å². The summed E-state index contributed by atoms with van der Waals surface area (Å²) in [4.78, 5) is -0.409. The van der Waals surface area contributed by atoms with E-state index < -0.39 is 15.0 Å². The van der Waals surface area contributed by atoms with Crippen molar-refractivity contribution in [1.82, 2.24) is 0 Å². The Hall–Kier alpha value is -0.290. The Morgan fingerprint density at radius 1 is 1.42 bits per heavy atom. The van der Waals surface area contributed by atoms with Crippen molar-refractivity contribution in [3.63, 3.8) is 0 Å². The lowest BCUT2D eigenvalue weighted by Crippen LogP contribution is -1.98. The van der Waals surface area contributed by atoms with Crippen molar-refractivity contribution in [2.24, 2.45) is 0 Å². The quantitative estimate of drug-likeness (QED) is 0.745. The van der Waals surface area contributed by atoms with E-state index in [2.05, 4.69) is 6.07 Å². The first kappa shape index (κ1) is 9.80. The average molecular weight is 226 g/mol. The highest BCUT2D eigenvalue weighted by Gasteiger charge is 2.14. The number of halogens is 2. The smallest absolute Gasteiger partial charge is 0.282 e. The molecule has 0 amide bonds. The van der Waals surface area contributed by atoms with Gasteiger partial charge in [0.25, 0.3) is 10.1 Å². The van der Waals surface area contributed by atoms with Gasteiger partial charge in [0.1, 0.15) is 4.90 Å². The standard InChI is InChI=1S/C6H3Cl2O3S/c7-4-1-2-5(8)6(3-4)12(9,10)11/h2-3H,(H,9,10,11). The van der Waals surface area contributed by atoms with E-state index in [1.807, 2.05) is 0 Å². The molecule has 0 aliphatic rings. The van der Waals surface area contributed by atoms with Gasteiger partial charge in [0, 0.05) is 11.1 Å². The maximum atomic E-state index is 10.6. The molecule has 0 heterocycles. The zero-order chi connectivity index (χ0) is 9.35. The molecule has 1 aromatic carbocycles. The molecule has 1 rings (SSSR count). The number of hydrogen-bond donors (Lipinski definition) is 1. The molecule has 0 spiro atoms. The summed E-state index contributed by atoms with van der Waals surface area (Å²) in [6, 6.07) is 4.67. The summed E-state index contributed by atoms with van der Waals surface area (Å²) >= 11 is 10.9. The minimum Gasteiger partial charge on any atom is -0.282 e. The van der Waals surface area contributed by atoms with Crippen LogP contribution in [0, 0.1) is 6.07 Å². The van der Waals surface area contributed by atoms with E-state index in [1.165, 1.54) is 6.07 Å². The van der Waals surface area contributed by atoms with Crippen LogP contribution in [-0.4, -0.2) is 13.0 Å². The summed E-state index contributed by atoms with van der Waals surface area (Å²) in [7, 11) is -4.29. The summed E-state index contributed by atoms with van der Waals surface area (Å²) in [5.41, 5.74) is 0. The molecular weight excluding hydrogens is 223 g/mol. The van der Waals surface area contributed by atoms with Crippen LogP contribution in [0.3, 0.4) is 0 Å². The summed E-state index contributed by atoms with van der Waals surface area (Å²) in [6.07, 6.45) is 0. The summed E-state index contributed by atoms with van der Waals surface area (Å²) in [6.45, 7) is 0. The summed E-state index contributed by atoms with van der Waals surface area (Å²) < 4.78 is 29.8. The summed E-state index contributed by atoms with van der Waals surface area (Å²) in [5.74, 6) is 0. The van der Waals surface area contributed by atoms with Crippen LogP contribution in [0.1, 0.15) is 0 Å². The second kappa shape index (κ2) is 3.22. The maximum absolute atomic E-state index is 10.6. The third-order valence-corrected chi connectivity index (χ3v) is 2.64. The Labute approximate surface area is 79.7 Å². The highest BCUT2D eigenvalue weighted by Crippen LogP contribution is 2.23. The van der Waals surface area contributed by atoms with Crippen LogP contribution in [0.4, 0.5) is 0 Å². The third kappa shape index (κ3) is 2.10. The maximum Gasteiger partial charge on any atom is 0.296 e. The van der Waals surface area contributed by atoms with Gasteiger partial charge < -0.3 is 0 Å². The zero-order valence-corrected chi connectivity index (χ0v) is 7.91. The van der Waals surface area contributed by atoms with Crippen LogP contribution in [0.25, 0.3) is 0 Å². The summed E-state index contributed by atoms with van der Waals surface area (Å²) in [5, 5.41) is -0.0334. The SMILES string of the molecule is O=S(=O)(O)c1cc(Cl)[c]cc1Cl. The lowest BCUT2D eigenvalue weighted by Gasteiger charge is -1.99. The molecule has 1 N–H and O–H groups in total. The van der Waals surface area contributed by atoms with Gasteiger partial charge in [-0.1, -0.05) is 23.2 Å². The second-order valence-corrected chi connectivity index (χ2v) is 4.17. The van der Waals surface area contributed by atoms with Gasteiger partial charge in [0.2, 0.25) is 0 Å². The van der Waals surface area contributed by atoms with E-state index in [9.17, 15) is 8.42 Å². The number of hydrogen-bond acceptors (Lipinski definition) is 2. The molecule has 65 valence electrons. The van der Waals surface area contributed by atoms with Crippen molar-refractivity contribution >= 4 is 33.3 Å². The predicted molar refractivity (Wildman–Crippen MR) is 45.1 cm³/mol. The largest absolute Gasteiger partial charge is 0.296 e. The van der Waals surface area contributed by atoms with Crippen molar-refractivity contribution in [3.05, 3.63) is 28.2 Å². The molecule has 0 aliphatic heterocycles. The van der Waals surface area contributed by atoms with Gasteiger partial charge in [-0.05, 0) is 12.1 Å². The van der Waals surface area contributed by atoms with Crippen LogP contribution in [-0.2, 0) is 10.1 Å². The van der Waals surface area contributed by atoms with Gasteiger partial charge in [0.15, 0.2) is 0 Å². The Balaban J connectivity index is 3.43. The fourth-order valence-electron chi connectivity index (χ4n) is 0.627. The molecule has 0 saturated carbocycles.